The van der Waals surface area contributed by atoms with E-state index in [9.17, 15) is 4.79 Å². The van der Waals surface area contributed by atoms with Gasteiger partial charge in [0.15, 0.2) is 5.82 Å². The minimum absolute atomic E-state index is 0.125. The highest BCUT2D eigenvalue weighted by Gasteiger charge is 2.21. The molecule has 1 aliphatic carbocycles. The quantitative estimate of drug-likeness (QED) is 0.793. The third kappa shape index (κ3) is 2.32. The van der Waals surface area contributed by atoms with E-state index in [4.69, 9.17) is 0 Å². The fraction of sp³-hybridized carbons (Fsp3) is 0.700. The van der Waals surface area contributed by atoms with Crippen LogP contribution < -0.4 is 10.6 Å². The van der Waals surface area contributed by atoms with Crippen molar-refractivity contribution in [3.63, 3.8) is 0 Å². The Morgan fingerprint density at radius 2 is 2.38 bits per heavy atom. The van der Waals surface area contributed by atoms with Crippen LogP contribution in [-0.2, 0) is 7.05 Å². The maximum absolute atomic E-state index is 11.6. The molecule has 1 unspecified atom stereocenters. The number of amides is 2. The van der Waals surface area contributed by atoms with E-state index in [1.54, 1.807) is 10.9 Å². The molecule has 2 rings (SSSR count). The van der Waals surface area contributed by atoms with Gasteiger partial charge in [0.25, 0.3) is 0 Å². The third-order valence-electron chi connectivity index (χ3n) is 2.92. The molecule has 0 aliphatic heterocycles. The van der Waals surface area contributed by atoms with E-state index in [1.165, 1.54) is 6.42 Å². The van der Waals surface area contributed by atoms with E-state index in [-0.39, 0.29) is 12.1 Å². The molecule has 6 heteroatoms. The standard InChI is InChI=1S/C10H17N5O/c1-7(9-14-11-6-15(9)2)12-10(16)13-8-4-3-5-8/h6-8H,3-5H2,1-2H3,(H2,12,13,16). The number of aromatic nitrogens is 3. The Morgan fingerprint density at radius 3 is 2.88 bits per heavy atom. The van der Waals surface area contributed by atoms with Crippen molar-refractivity contribution in [1.29, 1.82) is 0 Å². The molecule has 2 N–H and O–H groups in total. The average Bonchev–Trinajstić information content (AvgIpc) is 2.58. The molecule has 1 atom stereocenters. The second kappa shape index (κ2) is 4.51. The second-order valence-corrected chi connectivity index (χ2v) is 4.27. The molecule has 1 aromatic heterocycles. The van der Waals surface area contributed by atoms with E-state index in [0.717, 1.165) is 18.7 Å². The normalized spacial score (nSPS) is 17.6. The molecule has 1 fully saturated rings. The lowest BCUT2D eigenvalue weighted by Crippen LogP contribution is -2.46. The Labute approximate surface area is 94.4 Å². The van der Waals surface area contributed by atoms with Gasteiger partial charge in [0.1, 0.15) is 6.33 Å². The lowest BCUT2D eigenvalue weighted by molar-refractivity contribution is 0.225. The summed E-state index contributed by atoms with van der Waals surface area (Å²) >= 11 is 0. The zero-order chi connectivity index (χ0) is 11.5. The average molecular weight is 223 g/mol. The summed E-state index contributed by atoms with van der Waals surface area (Å²) in [6, 6.07) is 0.0967. The van der Waals surface area contributed by atoms with Crippen LogP contribution in [0.2, 0.25) is 0 Å². The maximum Gasteiger partial charge on any atom is 0.315 e. The van der Waals surface area contributed by atoms with E-state index >= 15 is 0 Å². The molecule has 0 aromatic carbocycles. The number of nitrogens with zero attached hydrogens (tertiary/aromatic N) is 3. The van der Waals surface area contributed by atoms with Crippen LogP contribution in [-0.4, -0.2) is 26.8 Å². The monoisotopic (exact) mass is 223 g/mol. The van der Waals surface area contributed by atoms with Gasteiger partial charge in [-0.1, -0.05) is 0 Å². The Bertz CT molecular complexity index is 371. The van der Waals surface area contributed by atoms with E-state index in [0.29, 0.717) is 6.04 Å². The van der Waals surface area contributed by atoms with E-state index in [2.05, 4.69) is 20.8 Å². The summed E-state index contributed by atoms with van der Waals surface area (Å²) in [4.78, 5) is 11.6. The number of carbonyl (C=O) groups excluding carboxylic acids is 1. The number of carbonyl (C=O) groups is 1. The second-order valence-electron chi connectivity index (χ2n) is 4.27. The zero-order valence-corrected chi connectivity index (χ0v) is 9.60. The van der Waals surface area contributed by atoms with Gasteiger partial charge in [-0.15, -0.1) is 10.2 Å². The van der Waals surface area contributed by atoms with Gasteiger partial charge in [-0.05, 0) is 26.2 Å². The lowest BCUT2D eigenvalue weighted by Gasteiger charge is -2.27. The minimum atomic E-state index is -0.132. The van der Waals surface area contributed by atoms with Gasteiger partial charge >= 0.3 is 6.03 Å². The van der Waals surface area contributed by atoms with Crippen LogP contribution >= 0.6 is 0 Å². The predicted octanol–water partition coefficient (Wildman–Crippen LogP) is 0.728. The van der Waals surface area contributed by atoms with Crippen molar-refractivity contribution in [3.8, 4) is 0 Å². The molecule has 0 saturated heterocycles. The molecule has 0 radical (unpaired) electrons. The van der Waals surface area contributed by atoms with Crippen molar-refractivity contribution < 1.29 is 4.79 Å². The first-order chi connectivity index (χ1) is 7.66. The molecule has 1 aromatic rings. The van der Waals surface area contributed by atoms with Crippen LogP contribution in [0.25, 0.3) is 0 Å². The number of urea groups is 1. The van der Waals surface area contributed by atoms with Gasteiger partial charge in [0, 0.05) is 13.1 Å². The summed E-state index contributed by atoms with van der Waals surface area (Å²) in [6.07, 6.45) is 5.01. The van der Waals surface area contributed by atoms with Crippen LogP contribution in [0.3, 0.4) is 0 Å². The molecule has 1 heterocycles. The van der Waals surface area contributed by atoms with E-state index in [1.807, 2.05) is 14.0 Å². The van der Waals surface area contributed by atoms with Gasteiger partial charge in [-0.25, -0.2) is 4.79 Å². The topological polar surface area (TPSA) is 71.8 Å². The molecule has 16 heavy (non-hydrogen) atoms. The molecule has 2 amide bonds. The van der Waals surface area contributed by atoms with Crippen molar-refractivity contribution in [2.75, 3.05) is 0 Å². The van der Waals surface area contributed by atoms with Crippen molar-refractivity contribution in [2.45, 2.75) is 38.3 Å². The first kappa shape index (κ1) is 10.9. The highest BCUT2D eigenvalue weighted by Crippen LogP contribution is 2.18. The Balaban J connectivity index is 1.84. The largest absolute Gasteiger partial charge is 0.335 e. The molecule has 6 nitrogen and oxygen atoms in total. The summed E-state index contributed by atoms with van der Waals surface area (Å²) < 4.78 is 1.80. The number of aryl methyl sites for hydroxylation is 1. The molecular formula is C10H17N5O. The third-order valence-corrected chi connectivity index (χ3v) is 2.92. The van der Waals surface area contributed by atoms with E-state index < -0.39 is 0 Å². The molecule has 88 valence electrons. The highest BCUT2D eigenvalue weighted by molar-refractivity contribution is 5.74. The first-order valence-corrected chi connectivity index (χ1v) is 5.57. The van der Waals surface area contributed by atoms with Crippen molar-refractivity contribution in [3.05, 3.63) is 12.2 Å². The highest BCUT2D eigenvalue weighted by atomic mass is 16.2. The SMILES string of the molecule is CC(NC(=O)NC1CCC1)c1nncn1C. The first-order valence-electron chi connectivity index (χ1n) is 5.57. The predicted molar refractivity (Wildman–Crippen MR) is 58.7 cm³/mol. The summed E-state index contributed by atoms with van der Waals surface area (Å²) in [6.45, 7) is 1.89. The summed E-state index contributed by atoms with van der Waals surface area (Å²) in [5.41, 5.74) is 0. The lowest BCUT2D eigenvalue weighted by atomic mass is 9.93. The van der Waals surface area contributed by atoms with Gasteiger partial charge in [0.05, 0.1) is 6.04 Å². The van der Waals surface area contributed by atoms with Gasteiger partial charge in [-0.3, -0.25) is 0 Å². The van der Waals surface area contributed by atoms with Crippen LogP contribution in [0.5, 0.6) is 0 Å². The molecular weight excluding hydrogens is 206 g/mol. The Kier molecular flexibility index (Phi) is 3.07. The molecule has 0 spiro atoms. The molecule has 1 aliphatic rings. The number of nitrogens with one attached hydrogen (secondary N) is 2. The summed E-state index contributed by atoms with van der Waals surface area (Å²) in [7, 11) is 1.86. The van der Waals surface area contributed by atoms with Gasteiger partial charge < -0.3 is 15.2 Å². The minimum Gasteiger partial charge on any atom is -0.335 e. The van der Waals surface area contributed by atoms with Crippen LogP contribution in [0.1, 0.15) is 38.1 Å². The number of hydrogen-bond donors (Lipinski definition) is 2. The summed E-state index contributed by atoms with van der Waals surface area (Å²) in [5.74, 6) is 0.753. The fourth-order valence-corrected chi connectivity index (χ4v) is 1.73. The Morgan fingerprint density at radius 1 is 1.62 bits per heavy atom. The molecule has 0 bridgehead atoms. The van der Waals surface area contributed by atoms with Crippen LogP contribution in [0.4, 0.5) is 4.79 Å². The Hall–Kier alpha value is -1.59. The number of hydrogen-bond acceptors (Lipinski definition) is 3. The van der Waals surface area contributed by atoms with Gasteiger partial charge in [-0.2, -0.15) is 0 Å². The van der Waals surface area contributed by atoms with Crippen LogP contribution in [0, 0.1) is 0 Å². The fourth-order valence-electron chi connectivity index (χ4n) is 1.73. The zero-order valence-electron chi connectivity index (χ0n) is 9.60. The smallest absolute Gasteiger partial charge is 0.315 e. The summed E-state index contributed by atoms with van der Waals surface area (Å²) in [5, 5.41) is 13.5. The van der Waals surface area contributed by atoms with Crippen molar-refractivity contribution >= 4 is 6.03 Å². The maximum atomic E-state index is 11.6. The number of rotatable bonds is 3. The molecule has 1 saturated carbocycles. The van der Waals surface area contributed by atoms with Gasteiger partial charge in [0.2, 0.25) is 0 Å². The van der Waals surface area contributed by atoms with Crippen molar-refractivity contribution in [1.82, 2.24) is 25.4 Å². The van der Waals surface area contributed by atoms with Crippen molar-refractivity contribution in [2.24, 2.45) is 7.05 Å². The van der Waals surface area contributed by atoms with Crippen LogP contribution in [0.15, 0.2) is 6.33 Å².